The van der Waals surface area contributed by atoms with E-state index in [1.54, 1.807) is 33.8 Å². The molecule has 1 amide bonds. The number of unbranched alkanes of at least 4 members (excludes halogenated alkanes) is 1. The summed E-state index contributed by atoms with van der Waals surface area (Å²) in [5.74, 6) is -3.03. The number of nitro groups is 1. The van der Waals surface area contributed by atoms with Crippen molar-refractivity contribution in [2.75, 3.05) is 13.7 Å². The molecule has 0 saturated heterocycles. The van der Waals surface area contributed by atoms with E-state index in [4.69, 9.17) is 9.47 Å². The summed E-state index contributed by atoms with van der Waals surface area (Å²) in [5, 5.41) is 17.2. The number of allylic oxidation sites excluding steroid dienone is 2. The van der Waals surface area contributed by atoms with Gasteiger partial charge >= 0.3 is 11.9 Å². The number of hydrogen-bond acceptors (Lipinski definition) is 8. The van der Waals surface area contributed by atoms with Crippen molar-refractivity contribution in [3.05, 3.63) is 62.5 Å². The molecule has 35 heavy (non-hydrogen) atoms. The number of esters is 2. The first-order valence-corrected chi connectivity index (χ1v) is 11.5. The van der Waals surface area contributed by atoms with Crippen LogP contribution in [0.1, 0.15) is 58.9 Å². The fraction of sp³-hybridized carbons (Fsp3) is 0.480. The quantitative estimate of drug-likeness (QED) is 0.221. The van der Waals surface area contributed by atoms with E-state index in [1.165, 1.54) is 25.3 Å². The molecule has 0 aliphatic carbocycles. The number of dihydropyridines is 1. The van der Waals surface area contributed by atoms with Gasteiger partial charge in [-0.3, -0.25) is 14.9 Å². The summed E-state index contributed by atoms with van der Waals surface area (Å²) in [4.78, 5) is 49.9. The number of nitrogens with one attached hydrogen (secondary N) is 2. The summed E-state index contributed by atoms with van der Waals surface area (Å²) < 4.78 is 10.3. The number of methoxy groups -OCH3 is 1. The van der Waals surface area contributed by atoms with E-state index in [2.05, 4.69) is 10.6 Å². The zero-order valence-electron chi connectivity index (χ0n) is 21.0. The summed E-state index contributed by atoms with van der Waals surface area (Å²) in [6.45, 7) is 9.13. The molecule has 10 heteroatoms. The molecule has 0 fully saturated rings. The minimum Gasteiger partial charge on any atom is -0.466 e. The summed E-state index contributed by atoms with van der Waals surface area (Å²) >= 11 is 0. The van der Waals surface area contributed by atoms with E-state index in [1.807, 2.05) is 6.92 Å². The van der Waals surface area contributed by atoms with Gasteiger partial charge in [0, 0.05) is 29.1 Å². The zero-order valence-corrected chi connectivity index (χ0v) is 21.0. The number of carbonyl (C=O) groups is 3. The maximum absolute atomic E-state index is 13.6. The van der Waals surface area contributed by atoms with Crippen LogP contribution in [0.25, 0.3) is 0 Å². The molecule has 0 saturated carbocycles. The highest BCUT2D eigenvalue weighted by Gasteiger charge is 2.39. The second-order valence-corrected chi connectivity index (χ2v) is 8.70. The highest BCUT2D eigenvalue weighted by Crippen LogP contribution is 2.39. The molecule has 1 aliphatic heterocycles. The maximum Gasteiger partial charge on any atom is 0.336 e. The number of ether oxygens (including phenoxy) is 2. The Bertz CT molecular complexity index is 1060. The zero-order chi connectivity index (χ0) is 26.3. The van der Waals surface area contributed by atoms with E-state index < -0.39 is 34.7 Å². The predicted molar refractivity (Wildman–Crippen MR) is 129 cm³/mol. The SMILES string of the molecule is CCCCOC(=O)[C@H](NC(=O)C1=C(C)NC(C)=C(C(=O)OC)[C@@H]1c1cccc([N+](=O)[O-])c1)C(C)C. The highest BCUT2D eigenvalue weighted by atomic mass is 16.6. The Morgan fingerprint density at radius 2 is 1.83 bits per heavy atom. The van der Waals surface area contributed by atoms with Crippen LogP contribution in [-0.2, 0) is 23.9 Å². The topological polar surface area (TPSA) is 137 Å². The van der Waals surface area contributed by atoms with Gasteiger partial charge in [-0.15, -0.1) is 0 Å². The number of amides is 1. The Kier molecular flexibility index (Phi) is 9.56. The van der Waals surface area contributed by atoms with Gasteiger partial charge in [0.25, 0.3) is 11.6 Å². The molecule has 0 spiro atoms. The molecule has 0 aromatic heterocycles. The third-order valence-corrected chi connectivity index (χ3v) is 5.77. The molecule has 2 atom stereocenters. The first-order valence-electron chi connectivity index (χ1n) is 11.5. The van der Waals surface area contributed by atoms with E-state index >= 15 is 0 Å². The van der Waals surface area contributed by atoms with Crippen molar-refractivity contribution in [2.24, 2.45) is 5.92 Å². The van der Waals surface area contributed by atoms with Crippen molar-refractivity contribution in [1.82, 2.24) is 10.6 Å². The number of benzene rings is 1. The molecule has 10 nitrogen and oxygen atoms in total. The smallest absolute Gasteiger partial charge is 0.336 e. The largest absolute Gasteiger partial charge is 0.466 e. The van der Waals surface area contributed by atoms with Crippen molar-refractivity contribution in [1.29, 1.82) is 0 Å². The van der Waals surface area contributed by atoms with Crippen molar-refractivity contribution < 1.29 is 28.8 Å². The molecular weight excluding hydrogens is 454 g/mol. The molecule has 0 unspecified atom stereocenters. The molecule has 2 rings (SSSR count). The minimum absolute atomic E-state index is 0.148. The second-order valence-electron chi connectivity index (χ2n) is 8.70. The Morgan fingerprint density at radius 1 is 1.17 bits per heavy atom. The fourth-order valence-electron chi connectivity index (χ4n) is 3.95. The normalized spacial score (nSPS) is 16.5. The first-order chi connectivity index (χ1) is 16.5. The van der Waals surface area contributed by atoms with Crippen molar-refractivity contribution >= 4 is 23.5 Å². The van der Waals surface area contributed by atoms with Gasteiger partial charge in [-0.2, -0.15) is 0 Å². The lowest BCUT2D eigenvalue weighted by Gasteiger charge is -2.32. The van der Waals surface area contributed by atoms with Crippen molar-refractivity contribution in [2.45, 2.75) is 59.4 Å². The molecule has 2 N–H and O–H groups in total. The van der Waals surface area contributed by atoms with Crippen molar-refractivity contribution in [3.63, 3.8) is 0 Å². The van der Waals surface area contributed by atoms with Gasteiger partial charge in [-0.1, -0.05) is 39.3 Å². The van der Waals surface area contributed by atoms with Crippen LogP contribution >= 0.6 is 0 Å². The lowest BCUT2D eigenvalue weighted by molar-refractivity contribution is -0.384. The van der Waals surface area contributed by atoms with E-state index in [9.17, 15) is 24.5 Å². The van der Waals surface area contributed by atoms with Gasteiger partial charge in [-0.25, -0.2) is 9.59 Å². The summed E-state index contributed by atoms with van der Waals surface area (Å²) in [6.07, 6.45) is 1.57. The van der Waals surface area contributed by atoms with Crippen LogP contribution in [0.5, 0.6) is 0 Å². The van der Waals surface area contributed by atoms with Gasteiger partial charge in [-0.05, 0) is 31.7 Å². The lowest BCUT2D eigenvalue weighted by atomic mass is 9.79. The lowest BCUT2D eigenvalue weighted by Crippen LogP contribution is -2.47. The highest BCUT2D eigenvalue weighted by molar-refractivity contribution is 6.03. The Morgan fingerprint density at radius 3 is 2.40 bits per heavy atom. The van der Waals surface area contributed by atoms with Crippen molar-refractivity contribution in [3.8, 4) is 0 Å². The van der Waals surface area contributed by atoms with Gasteiger partial charge in [0.15, 0.2) is 0 Å². The number of rotatable bonds is 10. The number of nitrogens with zero attached hydrogens (tertiary/aromatic N) is 1. The van der Waals surface area contributed by atoms with Crippen LogP contribution < -0.4 is 10.6 Å². The van der Waals surface area contributed by atoms with Crippen LogP contribution in [0.15, 0.2) is 46.8 Å². The van der Waals surface area contributed by atoms with Gasteiger partial charge in [0.2, 0.25) is 0 Å². The number of nitro benzene ring substituents is 1. The van der Waals surface area contributed by atoms with Gasteiger partial charge in [0.1, 0.15) is 6.04 Å². The van der Waals surface area contributed by atoms with Crippen LogP contribution in [0.4, 0.5) is 5.69 Å². The molecule has 190 valence electrons. The number of non-ortho nitro benzene ring substituents is 1. The average molecular weight is 488 g/mol. The fourth-order valence-corrected chi connectivity index (χ4v) is 3.95. The van der Waals surface area contributed by atoms with E-state index in [-0.39, 0.29) is 29.4 Å². The first kappa shape index (κ1) is 27.6. The minimum atomic E-state index is -0.951. The standard InChI is InChI=1S/C25H33N3O7/c1-7-8-12-35-25(31)22(14(2)3)27-23(29)19-15(4)26-16(5)20(24(30)34-6)21(19)17-10-9-11-18(13-17)28(32)33/h9-11,13-14,21-22,26H,7-8,12H2,1-6H3,(H,27,29)/t21-,22-/m1/s1. The van der Waals surface area contributed by atoms with E-state index in [0.29, 0.717) is 23.4 Å². The third kappa shape index (κ3) is 6.46. The molecule has 1 heterocycles. The number of carbonyl (C=O) groups excluding carboxylic acids is 3. The second kappa shape index (κ2) is 12.1. The summed E-state index contributed by atoms with van der Waals surface area (Å²) in [7, 11) is 1.22. The molecule has 1 aromatic carbocycles. The van der Waals surface area contributed by atoms with Crippen LogP contribution in [0, 0.1) is 16.0 Å². The maximum atomic E-state index is 13.6. The monoisotopic (exact) mass is 487 g/mol. The average Bonchev–Trinajstić information content (AvgIpc) is 2.81. The van der Waals surface area contributed by atoms with Gasteiger partial charge in [0.05, 0.1) is 30.1 Å². The van der Waals surface area contributed by atoms with Crippen LogP contribution in [-0.4, -0.2) is 42.5 Å². The Labute approximate surface area is 204 Å². The summed E-state index contributed by atoms with van der Waals surface area (Å²) in [5.41, 5.74) is 1.41. The third-order valence-electron chi connectivity index (χ3n) is 5.77. The summed E-state index contributed by atoms with van der Waals surface area (Å²) in [6, 6.07) is 4.84. The number of hydrogen-bond donors (Lipinski definition) is 2. The Hall–Kier alpha value is -3.69. The molecule has 0 radical (unpaired) electrons. The Balaban J connectivity index is 2.54. The molecule has 0 bridgehead atoms. The molecule has 1 aromatic rings. The van der Waals surface area contributed by atoms with Crippen LogP contribution in [0.2, 0.25) is 0 Å². The van der Waals surface area contributed by atoms with Gasteiger partial charge < -0.3 is 20.1 Å². The molecule has 1 aliphatic rings. The van der Waals surface area contributed by atoms with Crippen LogP contribution in [0.3, 0.4) is 0 Å². The van der Waals surface area contributed by atoms with E-state index in [0.717, 1.165) is 6.42 Å². The predicted octanol–water partition coefficient (Wildman–Crippen LogP) is 3.49. The molecular formula is C25H33N3O7.